The van der Waals surface area contributed by atoms with Crippen molar-refractivity contribution in [2.45, 2.75) is 58.3 Å². The summed E-state index contributed by atoms with van der Waals surface area (Å²) in [4.78, 5) is 19.5. The quantitative estimate of drug-likeness (QED) is 0.800. The summed E-state index contributed by atoms with van der Waals surface area (Å²) in [6.45, 7) is 2.40. The summed E-state index contributed by atoms with van der Waals surface area (Å²) in [7, 11) is 0. The zero-order valence-corrected chi connectivity index (χ0v) is 13.5. The van der Waals surface area contributed by atoms with Crippen LogP contribution >= 0.6 is 0 Å². The molecule has 22 heavy (non-hydrogen) atoms. The van der Waals surface area contributed by atoms with Gasteiger partial charge in [0.15, 0.2) is 0 Å². The first-order chi connectivity index (χ1) is 10.7. The van der Waals surface area contributed by atoms with Crippen LogP contribution in [0.5, 0.6) is 0 Å². The van der Waals surface area contributed by atoms with Crippen molar-refractivity contribution in [3.63, 3.8) is 0 Å². The number of fused-ring (bicyclic) bond motifs is 1. The van der Waals surface area contributed by atoms with Gasteiger partial charge in [0.2, 0.25) is 0 Å². The molecule has 1 saturated carbocycles. The van der Waals surface area contributed by atoms with E-state index in [1.54, 1.807) is 0 Å². The Morgan fingerprint density at radius 3 is 2.86 bits per heavy atom. The molecular weight excluding hydrogens is 272 g/mol. The molecule has 0 spiro atoms. The molecule has 1 heterocycles. The number of benzene rings is 1. The smallest absolute Gasteiger partial charge is 0.270 e. The molecule has 0 saturated heterocycles. The second-order valence-electron chi connectivity index (χ2n) is 6.80. The summed E-state index contributed by atoms with van der Waals surface area (Å²) in [6, 6.07) is 7.73. The van der Waals surface area contributed by atoms with Gasteiger partial charge in [0.1, 0.15) is 5.69 Å². The Balaban J connectivity index is 1.49. The fourth-order valence-corrected chi connectivity index (χ4v) is 3.76. The van der Waals surface area contributed by atoms with Crippen molar-refractivity contribution in [1.29, 1.82) is 0 Å². The van der Waals surface area contributed by atoms with Crippen LogP contribution in [0.15, 0.2) is 29.1 Å². The second kappa shape index (κ2) is 7.08. The maximum atomic E-state index is 12.0. The van der Waals surface area contributed by atoms with Crippen molar-refractivity contribution < 1.29 is 0 Å². The van der Waals surface area contributed by atoms with Gasteiger partial charge >= 0.3 is 0 Å². The molecule has 0 aliphatic heterocycles. The summed E-state index contributed by atoms with van der Waals surface area (Å²) in [6.07, 6.45) is 9.98. The summed E-state index contributed by atoms with van der Waals surface area (Å²) in [5, 5.41) is 0. The molecule has 3 nitrogen and oxygen atoms in total. The number of nitrogens with zero attached hydrogens (tertiary/aromatic N) is 1. The topological polar surface area (TPSA) is 45.8 Å². The number of aromatic amines is 1. The first-order valence-corrected chi connectivity index (χ1v) is 8.72. The van der Waals surface area contributed by atoms with Gasteiger partial charge in [-0.05, 0) is 36.8 Å². The lowest BCUT2D eigenvalue weighted by molar-refractivity contribution is 0.375. The third-order valence-electron chi connectivity index (χ3n) is 5.20. The maximum absolute atomic E-state index is 12.0. The van der Waals surface area contributed by atoms with E-state index >= 15 is 0 Å². The first-order valence-electron chi connectivity index (χ1n) is 8.72. The third-order valence-corrected chi connectivity index (χ3v) is 5.20. The van der Waals surface area contributed by atoms with Crippen LogP contribution in [0.25, 0.3) is 11.0 Å². The Bertz CT molecular complexity index is 676. The van der Waals surface area contributed by atoms with Gasteiger partial charge in [-0.2, -0.15) is 0 Å². The minimum atomic E-state index is -0.0249. The fourth-order valence-electron chi connectivity index (χ4n) is 3.76. The molecule has 1 aromatic carbocycles. The standard InChI is InChI=1S/C19H26N2O/c1-14-8-7-10-15(14)9-3-2-4-13-18-19(22)21-17-12-6-5-11-16(17)20-18/h5-6,11-12,14-15H,2-4,7-10,13H2,1H3,(H,21,22)/t14?,15-/m1/s1. The molecule has 2 atom stereocenters. The Morgan fingerprint density at radius 1 is 1.18 bits per heavy atom. The van der Waals surface area contributed by atoms with Gasteiger partial charge in [-0.25, -0.2) is 4.98 Å². The molecule has 1 fully saturated rings. The normalized spacial score (nSPS) is 21.5. The van der Waals surface area contributed by atoms with Gasteiger partial charge in [-0.1, -0.05) is 57.6 Å². The van der Waals surface area contributed by atoms with Crippen molar-refractivity contribution in [2.75, 3.05) is 0 Å². The highest BCUT2D eigenvalue weighted by molar-refractivity contribution is 5.73. The van der Waals surface area contributed by atoms with Gasteiger partial charge in [-0.3, -0.25) is 4.79 Å². The Morgan fingerprint density at radius 2 is 2.05 bits per heavy atom. The van der Waals surface area contributed by atoms with E-state index in [0.717, 1.165) is 35.7 Å². The van der Waals surface area contributed by atoms with E-state index in [1.165, 1.54) is 38.5 Å². The van der Waals surface area contributed by atoms with Crippen LogP contribution < -0.4 is 5.56 Å². The van der Waals surface area contributed by atoms with Crippen LogP contribution in [-0.4, -0.2) is 9.97 Å². The molecule has 1 unspecified atom stereocenters. The second-order valence-corrected chi connectivity index (χ2v) is 6.80. The predicted molar refractivity (Wildman–Crippen MR) is 91.0 cm³/mol. The number of aryl methyl sites for hydroxylation is 1. The molecule has 3 rings (SSSR count). The largest absolute Gasteiger partial charge is 0.319 e. The molecule has 118 valence electrons. The molecule has 1 N–H and O–H groups in total. The molecule has 3 heteroatoms. The van der Waals surface area contributed by atoms with Crippen molar-refractivity contribution in [3.8, 4) is 0 Å². The van der Waals surface area contributed by atoms with Gasteiger partial charge < -0.3 is 4.98 Å². The van der Waals surface area contributed by atoms with E-state index < -0.39 is 0 Å². The van der Waals surface area contributed by atoms with Gasteiger partial charge in [0.05, 0.1) is 11.0 Å². The van der Waals surface area contributed by atoms with Crippen LogP contribution in [0.3, 0.4) is 0 Å². The van der Waals surface area contributed by atoms with Gasteiger partial charge in [0.25, 0.3) is 5.56 Å². The van der Waals surface area contributed by atoms with E-state index in [2.05, 4.69) is 16.9 Å². The molecule has 1 aliphatic rings. The van der Waals surface area contributed by atoms with Gasteiger partial charge in [-0.15, -0.1) is 0 Å². The summed E-state index contributed by atoms with van der Waals surface area (Å²) >= 11 is 0. The Hall–Kier alpha value is -1.64. The number of hydrogen-bond donors (Lipinski definition) is 1. The minimum absolute atomic E-state index is 0.0249. The van der Waals surface area contributed by atoms with E-state index in [0.29, 0.717) is 5.69 Å². The lowest BCUT2D eigenvalue weighted by atomic mass is 9.92. The average molecular weight is 298 g/mol. The molecular formula is C19H26N2O. The van der Waals surface area contributed by atoms with Gasteiger partial charge in [0, 0.05) is 0 Å². The fraction of sp³-hybridized carbons (Fsp3) is 0.579. The number of unbranched alkanes of at least 4 members (excludes halogenated alkanes) is 2. The average Bonchev–Trinajstić information content (AvgIpc) is 2.92. The monoisotopic (exact) mass is 298 g/mol. The number of hydrogen-bond acceptors (Lipinski definition) is 2. The van der Waals surface area contributed by atoms with E-state index in [4.69, 9.17) is 0 Å². The van der Waals surface area contributed by atoms with E-state index in [1.807, 2.05) is 24.3 Å². The van der Waals surface area contributed by atoms with Crippen molar-refractivity contribution >= 4 is 11.0 Å². The molecule has 0 amide bonds. The number of rotatable bonds is 6. The first kappa shape index (κ1) is 15.3. The number of para-hydroxylation sites is 2. The molecule has 0 bridgehead atoms. The SMILES string of the molecule is CC1CCC[C@H]1CCCCCc1nc2ccccc2[nH]c1=O. The lowest BCUT2D eigenvalue weighted by Gasteiger charge is -2.14. The Labute approximate surface area is 132 Å². The minimum Gasteiger partial charge on any atom is -0.319 e. The van der Waals surface area contributed by atoms with E-state index in [9.17, 15) is 4.79 Å². The van der Waals surface area contributed by atoms with Crippen LogP contribution in [-0.2, 0) is 6.42 Å². The highest BCUT2D eigenvalue weighted by atomic mass is 16.1. The van der Waals surface area contributed by atoms with Crippen molar-refractivity contribution in [1.82, 2.24) is 9.97 Å². The maximum Gasteiger partial charge on any atom is 0.270 e. The van der Waals surface area contributed by atoms with Crippen LogP contribution in [0, 0.1) is 11.8 Å². The zero-order chi connectivity index (χ0) is 15.4. The predicted octanol–water partition coefficient (Wildman–Crippen LogP) is 4.46. The number of H-pyrrole nitrogens is 1. The number of nitrogens with one attached hydrogen (secondary N) is 1. The summed E-state index contributed by atoms with van der Waals surface area (Å²) < 4.78 is 0. The van der Waals surface area contributed by atoms with Crippen LogP contribution in [0.2, 0.25) is 0 Å². The number of aromatic nitrogens is 2. The lowest BCUT2D eigenvalue weighted by Crippen LogP contribution is -2.15. The van der Waals surface area contributed by atoms with E-state index in [-0.39, 0.29) is 5.56 Å². The van der Waals surface area contributed by atoms with Crippen LogP contribution in [0.1, 0.15) is 57.6 Å². The summed E-state index contributed by atoms with van der Waals surface area (Å²) in [5.74, 6) is 1.87. The highest BCUT2D eigenvalue weighted by Crippen LogP contribution is 2.34. The molecule has 2 aromatic rings. The van der Waals surface area contributed by atoms with Crippen LogP contribution in [0.4, 0.5) is 0 Å². The third kappa shape index (κ3) is 3.57. The molecule has 1 aliphatic carbocycles. The van der Waals surface area contributed by atoms with Crippen molar-refractivity contribution in [3.05, 3.63) is 40.3 Å². The van der Waals surface area contributed by atoms with Crippen molar-refractivity contribution in [2.24, 2.45) is 11.8 Å². The Kier molecular flexibility index (Phi) is 4.91. The highest BCUT2D eigenvalue weighted by Gasteiger charge is 2.22. The zero-order valence-electron chi connectivity index (χ0n) is 13.5. The summed E-state index contributed by atoms with van der Waals surface area (Å²) in [5.41, 5.74) is 2.37. The molecule has 1 aromatic heterocycles. The molecule has 0 radical (unpaired) electrons.